The molecular weight excluding hydrogens is 305 g/mol. The van der Waals surface area contributed by atoms with Gasteiger partial charge in [0.25, 0.3) is 0 Å². The Morgan fingerprint density at radius 2 is 1.92 bits per heavy atom. The van der Waals surface area contributed by atoms with Crippen LogP contribution in [0.1, 0.15) is 25.3 Å². The SMILES string of the molecule is CC(C)c1c[n+]([O-])c2cc3[nH]ncc3cc2c1-c1ccc(F)cc1. The molecule has 0 radical (unpaired) electrons. The number of nitrogens with one attached hydrogen (secondary N) is 1. The Bertz CT molecular complexity index is 1050. The summed E-state index contributed by atoms with van der Waals surface area (Å²) < 4.78 is 14.2. The highest BCUT2D eigenvalue weighted by Gasteiger charge is 2.20. The Kier molecular flexibility index (Phi) is 3.23. The molecule has 24 heavy (non-hydrogen) atoms. The lowest BCUT2D eigenvalue weighted by atomic mass is 9.90. The van der Waals surface area contributed by atoms with Gasteiger partial charge in [0.2, 0.25) is 5.52 Å². The number of fused-ring (bicyclic) bond motifs is 2. The minimum Gasteiger partial charge on any atom is -0.618 e. The predicted octanol–water partition coefficient (Wildman–Crippen LogP) is 4.28. The number of hydrogen-bond acceptors (Lipinski definition) is 2. The molecule has 2 aromatic carbocycles. The average molecular weight is 321 g/mol. The zero-order valence-electron chi connectivity index (χ0n) is 13.4. The summed E-state index contributed by atoms with van der Waals surface area (Å²) in [4.78, 5) is 0. The van der Waals surface area contributed by atoms with Gasteiger partial charge in [-0.25, -0.2) is 4.39 Å². The maximum absolute atomic E-state index is 13.3. The van der Waals surface area contributed by atoms with E-state index in [-0.39, 0.29) is 11.7 Å². The lowest BCUT2D eigenvalue weighted by Gasteiger charge is -2.16. The lowest BCUT2D eigenvalue weighted by Crippen LogP contribution is -2.28. The van der Waals surface area contributed by atoms with Crippen LogP contribution in [0.3, 0.4) is 0 Å². The average Bonchev–Trinajstić information content (AvgIpc) is 3.01. The first-order valence-corrected chi connectivity index (χ1v) is 7.83. The van der Waals surface area contributed by atoms with Crippen LogP contribution in [0.25, 0.3) is 32.9 Å². The topological polar surface area (TPSA) is 55.6 Å². The maximum Gasteiger partial charge on any atom is 0.226 e. The Hall–Kier alpha value is -2.95. The molecule has 0 aliphatic heterocycles. The predicted molar refractivity (Wildman–Crippen MR) is 92.0 cm³/mol. The van der Waals surface area contributed by atoms with Crippen molar-refractivity contribution in [1.82, 2.24) is 10.2 Å². The molecule has 120 valence electrons. The molecule has 1 N–H and O–H groups in total. The highest BCUT2D eigenvalue weighted by atomic mass is 19.1. The van der Waals surface area contributed by atoms with Crippen LogP contribution in [-0.2, 0) is 0 Å². The third kappa shape index (κ3) is 2.21. The monoisotopic (exact) mass is 321 g/mol. The summed E-state index contributed by atoms with van der Waals surface area (Å²) in [5, 5.41) is 21.2. The molecular formula is C19H16FN3O. The largest absolute Gasteiger partial charge is 0.618 e. The quantitative estimate of drug-likeness (QED) is 0.442. The molecule has 0 aliphatic carbocycles. The zero-order chi connectivity index (χ0) is 16.8. The minimum atomic E-state index is -0.277. The molecule has 5 heteroatoms. The van der Waals surface area contributed by atoms with Crippen LogP contribution in [0.2, 0.25) is 0 Å². The Morgan fingerprint density at radius 3 is 2.62 bits per heavy atom. The standard InChI is InChI=1S/C19H16FN3O/c1-11(2)16-10-23(24)18-8-17-13(9-21-22-17)7-15(18)19(16)12-3-5-14(20)6-4-12/h3-11H,1-2H3,(H,21,22). The molecule has 0 atom stereocenters. The van der Waals surface area contributed by atoms with E-state index in [1.807, 2.05) is 26.0 Å². The van der Waals surface area contributed by atoms with Crippen LogP contribution >= 0.6 is 0 Å². The molecule has 4 nitrogen and oxygen atoms in total. The number of H-pyrrole nitrogens is 1. The van der Waals surface area contributed by atoms with Crippen molar-refractivity contribution < 1.29 is 9.12 Å². The number of rotatable bonds is 2. The van der Waals surface area contributed by atoms with Crippen LogP contribution in [0, 0.1) is 11.0 Å². The number of aromatic nitrogens is 3. The molecule has 0 unspecified atom stereocenters. The number of aromatic amines is 1. The molecule has 0 fully saturated rings. The van der Waals surface area contributed by atoms with Gasteiger partial charge in [0.15, 0.2) is 6.20 Å². The number of hydrogen-bond donors (Lipinski definition) is 1. The highest BCUT2D eigenvalue weighted by Crippen LogP contribution is 2.35. The molecule has 0 saturated heterocycles. The zero-order valence-corrected chi connectivity index (χ0v) is 13.4. The van der Waals surface area contributed by atoms with E-state index in [0.29, 0.717) is 5.52 Å². The van der Waals surface area contributed by atoms with Crippen molar-refractivity contribution in [3.05, 3.63) is 65.4 Å². The summed E-state index contributed by atoms with van der Waals surface area (Å²) in [6.07, 6.45) is 3.36. The molecule has 0 spiro atoms. The van der Waals surface area contributed by atoms with Crippen LogP contribution in [0.4, 0.5) is 4.39 Å². The summed E-state index contributed by atoms with van der Waals surface area (Å²) in [5.74, 6) is -0.115. The van der Waals surface area contributed by atoms with E-state index in [0.717, 1.165) is 37.7 Å². The van der Waals surface area contributed by atoms with Crippen LogP contribution < -0.4 is 4.73 Å². The minimum absolute atomic E-state index is 0.162. The van der Waals surface area contributed by atoms with Gasteiger partial charge in [-0.1, -0.05) is 26.0 Å². The molecule has 0 aliphatic rings. The number of nitrogens with zero attached hydrogens (tertiary/aromatic N) is 2. The van der Waals surface area contributed by atoms with Gasteiger partial charge in [-0.05, 0) is 29.7 Å². The second-order valence-electron chi connectivity index (χ2n) is 6.27. The maximum atomic E-state index is 13.3. The fourth-order valence-electron chi connectivity index (χ4n) is 3.15. The number of halogens is 1. The summed E-state index contributed by atoms with van der Waals surface area (Å²) >= 11 is 0. The van der Waals surface area contributed by atoms with Crippen molar-refractivity contribution in [1.29, 1.82) is 0 Å². The summed E-state index contributed by atoms with van der Waals surface area (Å²) in [6.45, 7) is 4.09. The Morgan fingerprint density at radius 1 is 1.17 bits per heavy atom. The van der Waals surface area contributed by atoms with Gasteiger partial charge < -0.3 is 5.21 Å². The van der Waals surface area contributed by atoms with E-state index in [9.17, 15) is 9.60 Å². The lowest BCUT2D eigenvalue weighted by molar-refractivity contribution is -0.577. The normalized spacial score (nSPS) is 11.7. The summed E-state index contributed by atoms with van der Waals surface area (Å²) in [6, 6.07) is 10.2. The van der Waals surface area contributed by atoms with Gasteiger partial charge >= 0.3 is 0 Å². The molecule has 0 amide bonds. The summed E-state index contributed by atoms with van der Waals surface area (Å²) in [7, 11) is 0. The van der Waals surface area contributed by atoms with Crippen molar-refractivity contribution in [2.45, 2.75) is 19.8 Å². The van der Waals surface area contributed by atoms with E-state index in [2.05, 4.69) is 10.2 Å². The van der Waals surface area contributed by atoms with Gasteiger partial charge in [0, 0.05) is 22.6 Å². The first kappa shape index (κ1) is 14.6. The Balaban J connectivity index is 2.16. The van der Waals surface area contributed by atoms with Crippen LogP contribution in [-0.4, -0.2) is 10.2 Å². The van der Waals surface area contributed by atoms with Crippen molar-refractivity contribution in [2.24, 2.45) is 0 Å². The van der Waals surface area contributed by atoms with E-state index >= 15 is 0 Å². The number of benzene rings is 2. The van der Waals surface area contributed by atoms with E-state index in [4.69, 9.17) is 0 Å². The van der Waals surface area contributed by atoms with E-state index in [1.165, 1.54) is 12.1 Å². The van der Waals surface area contributed by atoms with Gasteiger partial charge in [-0.2, -0.15) is 9.83 Å². The van der Waals surface area contributed by atoms with Crippen molar-refractivity contribution in [3.63, 3.8) is 0 Å². The fourth-order valence-corrected chi connectivity index (χ4v) is 3.15. The van der Waals surface area contributed by atoms with Gasteiger partial charge in [-0.15, -0.1) is 0 Å². The van der Waals surface area contributed by atoms with Crippen LogP contribution in [0.15, 0.2) is 48.8 Å². The Labute approximate surface area is 138 Å². The molecule has 2 aromatic heterocycles. The molecule has 0 saturated carbocycles. The van der Waals surface area contributed by atoms with Gasteiger partial charge in [-0.3, -0.25) is 5.10 Å². The molecule has 4 rings (SSSR count). The summed E-state index contributed by atoms with van der Waals surface area (Å²) in [5.41, 5.74) is 4.18. The van der Waals surface area contributed by atoms with E-state index < -0.39 is 0 Å². The van der Waals surface area contributed by atoms with Crippen LogP contribution in [0.5, 0.6) is 0 Å². The molecule has 0 bridgehead atoms. The first-order chi connectivity index (χ1) is 11.5. The number of pyridine rings is 1. The molecule has 4 aromatic rings. The molecule has 2 heterocycles. The third-order valence-electron chi connectivity index (χ3n) is 4.36. The second kappa shape index (κ2) is 5.30. The second-order valence-corrected chi connectivity index (χ2v) is 6.27. The van der Waals surface area contributed by atoms with Crippen molar-refractivity contribution >= 4 is 21.8 Å². The first-order valence-electron chi connectivity index (χ1n) is 7.83. The van der Waals surface area contributed by atoms with Crippen molar-refractivity contribution in [3.8, 4) is 11.1 Å². The third-order valence-corrected chi connectivity index (χ3v) is 4.36. The van der Waals surface area contributed by atoms with E-state index in [1.54, 1.807) is 24.5 Å². The highest BCUT2D eigenvalue weighted by molar-refractivity contribution is 6.01. The smallest absolute Gasteiger partial charge is 0.226 e. The van der Waals surface area contributed by atoms with Crippen molar-refractivity contribution in [2.75, 3.05) is 0 Å². The van der Waals surface area contributed by atoms with Gasteiger partial charge in [0.05, 0.1) is 17.1 Å². The van der Waals surface area contributed by atoms with Gasteiger partial charge in [0.1, 0.15) is 5.82 Å². The fraction of sp³-hybridized carbons (Fsp3) is 0.158.